The minimum absolute atomic E-state index is 0.127. The van der Waals surface area contributed by atoms with Crippen LogP contribution in [-0.4, -0.2) is 66.0 Å². The maximum absolute atomic E-state index is 13.2. The molecule has 3 aromatic rings. The molecule has 1 N–H and O–H groups in total. The molecule has 1 aliphatic rings. The summed E-state index contributed by atoms with van der Waals surface area (Å²) in [6, 6.07) is 13.6. The minimum atomic E-state index is -0.148. The van der Waals surface area contributed by atoms with Crippen molar-refractivity contribution in [2.24, 2.45) is 7.05 Å². The predicted molar refractivity (Wildman–Crippen MR) is 127 cm³/mol. The summed E-state index contributed by atoms with van der Waals surface area (Å²) >= 11 is 0. The molecule has 0 bridgehead atoms. The fourth-order valence-electron chi connectivity index (χ4n) is 4.38. The van der Waals surface area contributed by atoms with Crippen LogP contribution >= 0.6 is 0 Å². The van der Waals surface area contributed by atoms with Gasteiger partial charge >= 0.3 is 6.03 Å². The molecule has 2 heterocycles. The van der Waals surface area contributed by atoms with E-state index in [2.05, 4.69) is 14.8 Å². The van der Waals surface area contributed by atoms with Gasteiger partial charge in [-0.1, -0.05) is 24.3 Å². The highest BCUT2D eigenvalue weighted by Gasteiger charge is 2.25. The number of ketones is 1. The Hall–Kier alpha value is -3.32. The highest BCUT2D eigenvalue weighted by Crippen LogP contribution is 2.27. The lowest BCUT2D eigenvalue weighted by molar-refractivity contribution is 0.0884. The molecule has 2 aromatic carbocycles. The zero-order valence-electron chi connectivity index (χ0n) is 19.1. The Kier molecular flexibility index (Phi) is 6.19. The van der Waals surface area contributed by atoms with Crippen LogP contribution in [-0.2, 0) is 7.05 Å². The van der Waals surface area contributed by atoms with Crippen molar-refractivity contribution < 1.29 is 14.3 Å². The van der Waals surface area contributed by atoms with Crippen LogP contribution in [0.4, 0.5) is 10.5 Å². The molecule has 0 saturated carbocycles. The minimum Gasteiger partial charge on any atom is -0.495 e. The van der Waals surface area contributed by atoms with E-state index in [0.29, 0.717) is 44.2 Å². The van der Waals surface area contributed by atoms with Crippen molar-refractivity contribution >= 4 is 28.4 Å². The maximum Gasteiger partial charge on any atom is 0.322 e. The van der Waals surface area contributed by atoms with Crippen molar-refractivity contribution in [1.29, 1.82) is 0 Å². The van der Waals surface area contributed by atoms with Gasteiger partial charge in [0.25, 0.3) is 0 Å². The Balaban J connectivity index is 1.37. The number of carbonyl (C=O) groups is 2. The van der Waals surface area contributed by atoms with E-state index < -0.39 is 0 Å². The SMILES string of the molecule is COc1ccc(C)cc1NC(=O)N1CCN(CC(=O)c2c(C)n(C)c3ccccc23)CC1. The number of nitrogens with zero attached hydrogens (tertiary/aromatic N) is 3. The molecule has 7 heteroatoms. The molecule has 0 radical (unpaired) electrons. The summed E-state index contributed by atoms with van der Waals surface area (Å²) in [5.41, 5.74) is 4.58. The molecule has 1 aliphatic heterocycles. The second kappa shape index (κ2) is 9.04. The van der Waals surface area contributed by atoms with Gasteiger partial charge in [-0.2, -0.15) is 0 Å². The number of para-hydroxylation sites is 1. The number of nitrogens with one attached hydrogen (secondary N) is 1. The second-order valence-corrected chi connectivity index (χ2v) is 8.36. The summed E-state index contributed by atoms with van der Waals surface area (Å²) in [7, 11) is 3.59. The van der Waals surface area contributed by atoms with E-state index in [1.54, 1.807) is 12.0 Å². The molecule has 0 spiro atoms. The number of methoxy groups -OCH3 is 1. The monoisotopic (exact) mass is 434 g/mol. The van der Waals surface area contributed by atoms with E-state index in [4.69, 9.17) is 4.74 Å². The summed E-state index contributed by atoms with van der Waals surface area (Å²) in [5, 5.41) is 3.96. The van der Waals surface area contributed by atoms with Crippen LogP contribution in [0.3, 0.4) is 0 Å². The number of benzene rings is 2. The number of hydrogen-bond donors (Lipinski definition) is 1. The number of urea groups is 1. The molecule has 0 atom stereocenters. The van der Waals surface area contributed by atoms with Crippen LogP contribution in [0.2, 0.25) is 0 Å². The van der Waals surface area contributed by atoms with Crippen molar-refractivity contribution in [3.8, 4) is 5.75 Å². The number of anilines is 1. The molecule has 4 rings (SSSR count). The van der Waals surface area contributed by atoms with Gasteiger partial charge in [-0.25, -0.2) is 4.79 Å². The number of Topliss-reactive ketones (excluding diaryl/α,β-unsaturated/α-hetero) is 1. The molecule has 1 aromatic heterocycles. The number of hydrogen-bond acceptors (Lipinski definition) is 4. The van der Waals surface area contributed by atoms with Crippen molar-refractivity contribution in [2.45, 2.75) is 13.8 Å². The lowest BCUT2D eigenvalue weighted by Gasteiger charge is -2.34. The van der Waals surface area contributed by atoms with Gasteiger partial charge in [0.1, 0.15) is 5.75 Å². The Labute approximate surface area is 188 Å². The molecule has 1 saturated heterocycles. The quantitative estimate of drug-likeness (QED) is 0.620. The lowest BCUT2D eigenvalue weighted by Crippen LogP contribution is -2.51. The number of ether oxygens (including phenoxy) is 1. The number of rotatable bonds is 5. The van der Waals surface area contributed by atoms with Gasteiger partial charge in [-0.3, -0.25) is 9.69 Å². The summed E-state index contributed by atoms with van der Waals surface area (Å²) in [6.45, 7) is 6.79. The van der Waals surface area contributed by atoms with Crippen molar-refractivity contribution in [2.75, 3.05) is 45.2 Å². The third kappa shape index (κ3) is 4.21. The molecule has 1 fully saturated rings. The van der Waals surface area contributed by atoms with Gasteiger partial charge in [0.2, 0.25) is 0 Å². The first-order chi connectivity index (χ1) is 15.4. The number of amides is 2. The lowest BCUT2D eigenvalue weighted by atomic mass is 10.1. The second-order valence-electron chi connectivity index (χ2n) is 8.36. The summed E-state index contributed by atoms with van der Waals surface area (Å²) < 4.78 is 7.43. The highest BCUT2D eigenvalue weighted by molar-refractivity contribution is 6.10. The molecule has 2 amide bonds. The zero-order chi connectivity index (χ0) is 22.8. The average Bonchev–Trinajstić information content (AvgIpc) is 3.05. The van der Waals surface area contributed by atoms with E-state index in [1.807, 2.05) is 63.4 Å². The van der Waals surface area contributed by atoms with Crippen LogP contribution in [0.15, 0.2) is 42.5 Å². The smallest absolute Gasteiger partial charge is 0.322 e. The number of fused-ring (bicyclic) bond motifs is 1. The average molecular weight is 435 g/mol. The number of aromatic nitrogens is 1. The van der Waals surface area contributed by atoms with Gasteiger partial charge < -0.3 is 19.5 Å². The third-order valence-corrected chi connectivity index (χ3v) is 6.30. The van der Waals surface area contributed by atoms with Crippen molar-refractivity contribution in [3.05, 3.63) is 59.3 Å². The molecular weight excluding hydrogens is 404 g/mol. The van der Waals surface area contributed by atoms with Crippen LogP contribution in [0.25, 0.3) is 10.9 Å². The van der Waals surface area contributed by atoms with Crippen molar-refractivity contribution in [1.82, 2.24) is 14.4 Å². The normalized spacial score (nSPS) is 14.6. The van der Waals surface area contributed by atoms with Crippen LogP contribution in [0.5, 0.6) is 5.75 Å². The van der Waals surface area contributed by atoms with E-state index >= 15 is 0 Å². The summed E-state index contributed by atoms with van der Waals surface area (Å²) in [5.74, 6) is 0.764. The van der Waals surface area contributed by atoms with Gasteiger partial charge in [0.05, 0.1) is 19.3 Å². The van der Waals surface area contributed by atoms with Gasteiger partial charge in [-0.05, 0) is 37.6 Å². The molecule has 32 heavy (non-hydrogen) atoms. The van der Waals surface area contributed by atoms with Crippen molar-refractivity contribution in [3.63, 3.8) is 0 Å². The molecule has 168 valence electrons. The number of carbonyl (C=O) groups excluding carboxylic acids is 2. The van der Waals surface area contributed by atoms with Gasteiger partial charge in [0.15, 0.2) is 5.78 Å². The van der Waals surface area contributed by atoms with Crippen LogP contribution in [0.1, 0.15) is 21.6 Å². The molecular formula is C25H30N4O3. The molecule has 0 aliphatic carbocycles. The number of aryl methyl sites for hydroxylation is 2. The maximum atomic E-state index is 13.2. The van der Waals surface area contributed by atoms with E-state index in [0.717, 1.165) is 27.7 Å². The predicted octanol–water partition coefficient (Wildman–Crippen LogP) is 3.84. The van der Waals surface area contributed by atoms with Gasteiger partial charge in [0, 0.05) is 55.4 Å². The van der Waals surface area contributed by atoms with E-state index in [1.165, 1.54) is 0 Å². The fourth-order valence-corrected chi connectivity index (χ4v) is 4.38. The first-order valence-electron chi connectivity index (χ1n) is 10.9. The van der Waals surface area contributed by atoms with Crippen LogP contribution in [0, 0.1) is 13.8 Å². The highest BCUT2D eigenvalue weighted by atomic mass is 16.5. The molecule has 7 nitrogen and oxygen atoms in total. The third-order valence-electron chi connectivity index (χ3n) is 6.30. The zero-order valence-corrected chi connectivity index (χ0v) is 19.1. The Morgan fingerprint density at radius 2 is 1.75 bits per heavy atom. The Bertz CT molecular complexity index is 1160. The van der Waals surface area contributed by atoms with Crippen LogP contribution < -0.4 is 10.1 Å². The first kappa shape index (κ1) is 21.9. The summed E-state index contributed by atoms with van der Waals surface area (Å²) in [4.78, 5) is 29.8. The fraction of sp³-hybridized carbons (Fsp3) is 0.360. The Morgan fingerprint density at radius 1 is 1.03 bits per heavy atom. The first-order valence-corrected chi connectivity index (χ1v) is 10.9. The topological polar surface area (TPSA) is 66.8 Å². The molecule has 0 unspecified atom stereocenters. The van der Waals surface area contributed by atoms with E-state index in [9.17, 15) is 9.59 Å². The number of piperazine rings is 1. The van der Waals surface area contributed by atoms with E-state index in [-0.39, 0.29) is 11.8 Å². The standard InChI is InChI=1S/C25H30N4O3/c1-17-9-10-23(32-4)20(15-17)26-25(31)29-13-11-28(12-14-29)16-22(30)24-18(2)27(3)21-8-6-5-7-19(21)24/h5-10,15H,11-14,16H2,1-4H3,(H,26,31). The summed E-state index contributed by atoms with van der Waals surface area (Å²) in [6.07, 6.45) is 0. The largest absolute Gasteiger partial charge is 0.495 e. The Morgan fingerprint density at radius 3 is 2.47 bits per heavy atom. The van der Waals surface area contributed by atoms with Gasteiger partial charge in [-0.15, -0.1) is 0 Å².